The highest BCUT2D eigenvalue weighted by Gasteiger charge is 2.08. The number of alkyl halides is 1. The Hall–Kier alpha value is -1.49. The zero-order chi connectivity index (χ0) is 9.84. The van der Waals surface area contributed by atoms with Gasteiger partial charge < -0.3 is 5.73 Å². The van der Waals surface area contributed by atoms with E-state index in [4.69, 9.17) is 5.73 Å². The predicted octanol–water partition coefficient (Wildman–Crippen LogP) is 1.56. The first kappa shape index (κ1) is 9.60. The van der Waals surface area contributed by atoms with Gasteiger partial charge in [0.25, 0.3) is 5.69 Å². The van der Waals surface area contributed by atoms with Gasteiger partial charge in [0.15, 0.2) is 0 Å². The molecule has 1 aromatic rings. The predicted molar refractivity (Wildman–Crippen MR) is 46.0 cm³/mol. The highest BCUT2D eigenvalue weighted by Crippen LogP contribution is 2.16. The number of nitrogens with zero attached hydrogens (tertiary/aromatic N) is 1. The SMILES string of the molecule is N[C@H](CF)c1ccc([N+](=O)[O-])cc1. The first-order valence-electron chi connectivity index (χ1n) is 3.71. The maximum absolute atomic E-state index is 12.1. The van der Waals surface area contributed by atoms with E-state index in [2.05, 4.69) is 0 Å². The zero-order valence-corrected chi connectivity index (χ0v) is 6.81. The van der Waals surface area contributed by atoms with Gasteiger partial charge in [-0.3, -0.25) is 10.1 Å². The van der Waals surface area contributed by atoms with Gasteiger partial charge in [-0.15, -0.1) is 0 Å². The van der Waals surface area contributed by atoms with Crippen LogP contribution in [-0.2, 0) is 0 Å². The van der Waals surface area contributed by atoms with Crippen LogP contribution in [0.25, 0.3) is 0 Å². The number of nitro benzene ring substituents is 1. The fourth-order valence-electron chi connectivity index (χ4n) is 0.932. The molecule has 1 rings (SSSR count). The lowest BCUT2D eigenvalue weighted by Gasteiger charge is -2.05. The Kier molecular flexibility index (Phi) is 2.92. The van der Waals surface area contributed by atoms with Gasteiger partial charge in [0.2, 0.25) is 0 Å². The molecule has 0 aliphatic carbocycles. The molecule has 13 heavy (non-hydrogen) atoms. The number of nitrogens with two attached hydrogens (primary N) is 1. The van der Waals surface area contributed by atoms with Crippen molar-refractivity contribution in [3.63, 3.8) is 0 Å². The molecule has 0 aliphatic rings. The van der Waals surface area contributed by atoms with Gasteiger partial charge in [-0.1, -0.05) is 12.1 Å². The summed E-state index contributed by atoms with van der Waals surface area (Å²) in [5.41, 5.74) is 5.92. The lowest BCUT2D eigenvalue weighted by Crippen LogP contribution is -2.11. The molecular formula is C8H9FN2O2. The van der Waals surface area contributed by atoms with E-state index < -0.39 is 17.6 Å². The summed E-state index contributed by atoms with van der Waals surface area (Å²) in [6.07, 6.45) is 0. The Balaban J connectivity index is 2.87. The van der Waals surface area contributed by atoms with E-state index in [-0.39, 0.29) is 5.69 Å². The fraction of sp³-hybridized carbons (Fsp3) is 0.250. The molecule has 0 heterocycles. The minimum absolute atomic E-state index is 0.0187. The number of halogens is 1. The lowest BCUT2D eigenvalue weighted by atomic mass is 10.1. The van der Waals surface area contributed by atoms with E-state index >= 15 is 0 Å². The van der Waals surface area contributed by atoms with Crippen LogP contribution in [0.15, 0.2) is 24.3 Å². The molecule has 5 heteroatoms. The monoisotopic (exact) mass is 184 g/mol. The number of non-ortho nitro benzene ring substituents is 1. The molecule has 0 bridgehead atoms. The van der Waals surface area contributed by atoms with Crippen LogP contribution in [0.1, 0.15) is 11.6 Å². The van der Waals surface area contributed by atoms with E-state index in [1.54, 1.807) is 0 Å². The minimum atomic E-state index is -0.694. The van der Waals surface area contributed by atoms with Crippen LogP contribution in [0.5, 0.6) is 0 Å². The second-order valence-corrected chi connectivity index (χ2v) is 2.61. The summed E-state index contributed by atoms with van der Waals surface area (Å²) in [5, 5.41) is 10.3. The number of hydrogen-bond donors (Lipinski definition) is 1. The molecule has 0 radical (unpaired) electrons. The van der Waals surface area contributed by atoms with E-state index in [9.17, 15) is 14.5 Å². The maximum Gasteiger partial charge on any atom is 0.269 e. The summed E-state index contributed by atoms with van der Waals surface area (Å²) >= 11 is 0. The minimum Gasteiger partial charge on any atom is -0.322 e. The summed E-state index contributed by atoms with van der Waals surface area (Å²) in [4.78, 5) is 9.74. The normalized spacial score (nSPS) is 12.5. The van der Waals surface area contributed by atoms with Crippen LogP contribution in [-0.4, -0.2) is 11.6 Å². The largest absolute Gasteiger partial charge is 0.322 e. The number of benzene rings is 1. The second-order valence-electron chi connectivity index (χ2n) is 2.61. The number of nitro groups is 1. The van der Waals surface area contributed by atoms with Crippen LogP contribution in [0.3, 0.4) is 0 Å². The van der Waals surface area contributed by atoms with Gasteiger partial charge in [-0.05, 0) is 5.56 Å². The average Bonchev–Trinajstić information content (AvgIpc) is 2.17. The first-order chi connectivity index (χ1) is 6.15. The van der Waals surface area contributed by atoms with E-state index in [1.165, 1.54) is 24.3 Å². The van der Waals surface area contributed by atoms with Crippen molar-refractivity contribution in [3.8, 4) is 0 Å². The van der Waals surface area contributed by atoms with Crippen molar-refractivity contribution >= 4 is 5.69 Å². The van der Waals surface area contributed by atoms with Crippen LogP contribution in [0, 0.1) is 10.1 Å². The van der Waals surface area contributed by atoms with Gasteiger partial charge in [0, 0.05) is 12.1 Å². The topological polar surface area (TPSA) is 69.2 Å². The molecular weight excluding hydrogens is 175 g/mol. The van der Waals surface area contributed by atoms with Crippen molar-refractivity contribution in [2.75, 3.05) is 6.67 Å². The Morgan fingerprint density at radius 1 is 1.46 bits per heavy atom. The summed E-state index contributed by atoms with van der Waals surface area (Å²) in [6.45, 7) is -0.669. The molecule has 0 fully saturated rings. The molecule has 0 unspecified atom stereocenters. The Morgan fingerprint density at radius 3 is 2.38 bits per heavy atom. The van der Waals surface area contributed by atoms with Crippen LogP contribution in [0.4, 0.5) is 10.1 Å². The summed E-state index contributed by atoms with van der Waals surface area (Å²) < 4.78 is 12.1. The molecule has 0 saturated heterocycles. The first-order valence-corrected chi connectivity index (χ1v) is 3.71. The zero-order valence-electron chi connectivity index (χ0n) is 6.81. The molecule has 2 N–H and O–H groups in total. The van der Waals surface area contributed by atoms with Crippen molar-refractivity contribution in [3.05, 3.63) is 39.9 Å². The Bertz CT molecular complexity index is 300. The molecule has 0 spiro atoms. The van der Waals surface area contributed by atoms with E-state index in [0.717, 1.165) is 0 Å². The second kappa shape index (κ2) is 3.95. The van der Waals surface area contributed by atoms with E-state index in [0.29, 0.717) is 5.56 Å². The van der Waals surface area contributed by atoms with Crippen LogP contribution >= 0.6 is 0 Å². The summed E-state index contributed by atoms with van der Waals surface area (Å²) in [5.74, 6) is 0. The van der Waals surface area contributed by atoms with Crippen molar-refractivity contribution in [1.82, 2.24) is 0 Å². The lowest BCUT2D eigenvalue weighted by molar-refractivity contribution is -0.384. The molecule has 4 nitrogen and oxygen atoms in total. The molecule has 1 atom stereocenters. The Labute approximate surface area is 74.3 Å². The van der Waals surface area contributed by atoms with Gasteiger partial charge in [-0.2, -0.15) is 0 Å². The van der Waals surface area contributed by atoms with E-state index in [1.807, 2.05) is 0 Å². The number of hydrogen-bond acceptors (Lipinski definition) is 3. The smallest absolute Gasteiger partial charge is 0.269 e. The number of rotatable bonds is 3. The maximum atomic E-state index is 12.1. The molecule has 1 aromatic carbocycles. The molecule has 0 amide bonds. The molecule has 70 valence electrons. The van der Waals surface area contributed by atoms with Crippen molar-refractivity contribution in [1.29, 1.82) is 0 Å². The third kappa shape index (κ3) is 2.22. The van der Waals surface area contributed by atoms with Crippen LogP contribution in [0.2, 0.25) is 0 Å². The van der Waals surface area contributed by atoms with Crippen molar-refractivity contribution in [2.45, 2.75) is 6.04 Å². The van der Waals surface area contributed by atoms with Crippen molar-refractivity contribution < 1.29 is 9.31 Å². The Morgan fingerprint density at radius 2 is 2.00 bits per heavy atom. The highest BCUT2D eigenvalue weighted by molar-refractivity contribution is 5.34. The third-order valence-electron chi connectivity index (χ3n) is 1.70. The molecule has 0 aliphatic heterocycles. The standard InChI is InChI=1S/C8H9FN2O2/c9-5-8(10)6-1-3-7(4-2-6)11(12)13/h1-4,8H,5,10H2/t8-/m1/s1. The quantitative estimate of drug-likeness (QED) is 0.572. The fourth-order valence-corrected chi connectivity index (χ4v) is 0.932. The van der Waals surface area contributed by atoms with Crippen molar-refractivity contribution in [2.24, 2.45) is 5.73 Å². The highest BCUT2D eigenvalue weighted by atomic mass is 19.1. The summed E-state index contributed by atoms with van der Waals surface area (Å²) in [6, 6.07) is 4.85. The third-order valence-corrected chi connectivity index (χ3v) is 1.70. The van der Waals surface area contributed by atoms with Gasteiger partial charge >= 0.3 is 0 Å². The molecule has 0 saturated carbocycles. The van der Waals surface area contributed by atoms with Crippen LogP contribution < -0.4 is 5.73 Å². The summed E-state index contributed by atoms with van der Waals surface area (Å²) in [7, 11) is 0. The van der Waals surface area contributed by atoms with Gasteiger partial charge in [0.1, 0.15) is 6.67 Å². The molecule has 0 aromatic heterocycles. The van der Waals surface area contributed by atoms with Gasteiger partial charge in [-0.25, -0.2) is 4.39 Å². The van der Waals surface area contributed by atoms with Gasteiger partial charge in [0.05, 0.1) is 11.0 Å². The average molecular weight is 184 g/mol.